The van der Waals surface area contributed by atoms with Gasteiger partial charge in [0.15, 0.2) is 0 Å². The van der Waals surface area contributed by atoms with Crippen molar-refractivity contribution in [2.75, 3.05) is 0 Å². The van der Waals surface area contributed by atoms with Gasteiger partial charge >= 0.3 is 0 Å². The van der Waals surface area contributed by atoms with Crippen LogP contribution in [0.15, 0.2) is 76.2 Å². The number of nitrogens with zero attached hydrogens (tertiary/aromatic N) is 2. The molecular formula is C22H16ClN3O2. The van der Waals surface area contributed by atoms with E-state index in [4.69, 9.17) is 16.0 Å². The Kier molecular flexibility index (Phi) is 4.91. The van der Waals surface area contributed by atoms with Gasteiger partial charge in [-0.2, -0.15) is 5.10 Å². The number of aryl methyl sites for hydroxylation is 1. The number of para-hydroxylation sites is 1. The number of nitrogens with one attached hydrogen (secondary N) is 1. The third kappa shape index (κ3) is 3.66. The highest BCUT2D eigenvalue weighted by atomic mass is 35.5. The van der Waals surface area contributed by atoms with Crippen molar-refractivity contribution in [1.29, 1.82) is 0 Å². The van der Waals surface area contributed by atoms with Crippen LogP contribution < -0.4 is 5.43 Å². The smallest absolute Gasteiger partial charge is 0.272 e. The van der Waals surface area contributed by atoms with Crippen LogP contribution in [0.25, 0.3) is 22.2 Å². The minimum absolute atomic E-state index is 0.341. The third-order valence-electron chi connectivity index (χ3n) is 4.23. The molecule has 2 heterocycles. The molecule has 1 amide bonds. The predicted molar refractivity (Wildman–Crippen MR) is 111 cm³/mol. The van der Waals surface area contributed by atoms with Gasteiger partial charge in [-0.15, -0.1) is 0 Å². The number of hydrogen-bond donors (Lipinski definition) is 1. The van der Waals surface area contributed by atoms with Crippen LogP contribution in [0.4, 0.5) is 0 Å². The van der Waals surface area contributed by atoms with E-state index in [-0.39, 0.29) is 5.91 Å². The lowest BCUT2D eigenvalue weighted by Crippen LogP contribution is -2.18. The number of furan rings is 1. The topological polar surface area (TPSA) is 67.5 Å². The number of benzene rings is 2. The quantitative estimate of drug-likeness (QED) is 0.384. The van der Waals surface area contributed by atoms with E-state index in [0.717, 1.165) is 16.7 Å². The van der Waals surface area contributed by atoms with E-state index < -0.39 is 0 Å². The molecule has 4 aromatic rings. The minimum atomic E-state index is -0.341. The van der Waals surface area contributed by atoms with E-state index in [1.54, 1.807) is 18.2 Å². The van der Waals surface area contributed by atoms with Crippen molar-refractivity contribution >= 4 is 34.6 Å². The van der Waals surface area contributed by atoms with Gasteiger partial charge in [-0.3, -0.25) is 4.79 Å². The zero-order valence-electron chi connectivity index (χ0n) is 15.0. The highest BCUT2D eigenvalue weighted by molar-refractivity contribution is 6.33. The Morgan fingerprint density at radius 2 is 1.89 bits per heavy atom. The second-order valence-electron chi connectivity index (χ2n) is 6.20. The summed E-state index contributed by atoms with van der Waals surface area (Å²) < 4.78 is 5.41. The van der Waals surface area contributed by atoms with Crippen LogP contribution in [-0.4, -0.2) is 17.1 Å². The summed E-state index contributed by atoms with van der Waals surface area (Å²) in [6.45, 7) is 1.84. The fraction of sp³-hybridized carbons (Fsp3) is 0.0455. The molecule has 138 valence electrons. The van der Waals surface area contributed by atoms with Crippen LogP contribution in [0, 0.1) is 6.92 Å². The Balaban J connectivity index is 1.71. The number of carbonyl (C=O) groups is 1. The fourth-order valence-electron chi connectivity index (χ4n) is 2.91. The maximum absolute atomic E-state index is 12.8. The van der Waals surface area contributed by atoms with Crippen molar-refractivity contribution in [2.45, 2.75) is 6.92 Å². The molecule has 0 saturated heterocycles. The Labute approximate surface area is 166 Å². The first-order chi connectivity index (χ1) is 13.6. The fourth-order valence-corrected chi connectivity index (χ4v) is 3.14. The predicted octanol–water partition coefficient (Wildman–Crippen LogP) is 5.22. The van der Waals surface area contributed by atoms with Gasteiger partial charge in [0.1, 0.15) is 11.5 Å². The van der Waals surface area contributed by atoms with Crippen molar-refractivity contribution in [2.24, 2.45) is 5.10 Å². The first kappa shape index (κ1) is 17.9. The molecule has 0 fully saturated rings. The summed E-state index contributed by atoms with van der Waals surface area (Å²) >= 11 is 6.32. The molecule has 5 nitrogen and oxygen atoms in total. The van der Waals surface area contributed by atoms with Gasteiger partial charge < -0.3 is 4.42 Å². The van der Waals surface area contributed by atoms with E-state index >= 15 is 0 Å². The van der Waals surface area contributed by atoms with E-state index in [0.29, 0.717) is 27.6 Å². The SMILES string of the molecule is Cc1ccc(/C=N\NC(=O)c2cc(-c3ccccc3Cl)nc3ccccc23)o1. The summed E-state index contributed by atoms with van der Waals surface area (Å²) in [4.78, 5) is 17.5. The largest absolute Gasteiger partial charge is 0.460 e. The van der Waals surface area contributed by atoms with Crippen molar-refractivity contribution < 1.29 is 9.21 Å². The molecule has 0 aliphatic heterocycles. The Bertz CT molecular complexity index is 1200. The second kappa shape index (κ2) is 7.66. The van der Waals surface area contributed by atoms with Crippen LogP contribution in [-0.2, 0) is 0 Å². The number of aromatic nitrogens is 1. The van der Waals surface area contributed by atoms with E-state index in [2.05, 4.69) is 15.5 Å². The van der Waals surface area contributed by atoms with Crippen LogP contribution in [0.3, 0.4) is 0 Å². The molecule has 0 bridgehead atoms. The summed E-state index contributed by atoms with van der Waals surface area (Å²) in [5.41, 5.74) is 5.11. The summed E-state index contributed by atoms with van der Waals surface area (Å²) in [7, 11) is 0. The Hall–Kier alpha value is -3.44. The summed E-state index contributed by atoms with van der Waals surface area (Å²) in [5, 5.41) is 5.30. The van der Waals surface area contributed by atoms with Crippen molar-refractivity contribution in [3.8, 4) is 11.3 Å². The number of pyridine rings is 1. The maximum Gasteiger partial charge on any atom is 0.272 e. The van der Waals surface area contributed by atoms with Crippen LogP contribution >= 0.6 is 11.6 Å². The van der Waals surface area contributed by atoms with Crippen molar-refractivity contribution in [3.63, 3.8) is 0 Å². The molecule has 2 aromatic carbocycles. The number of hydrazone groups is 1. The molecule has 2 aromatic heterocycles. The summed E-state index contributed by atoms with van der Waals surface area (Å²) in [6.07, 6.45) is 1.46. The molecule has 28 heavy (non-hydrogen) atoms. The number of hydrogen-bond acceptors (Lipinski definition) is 4. The molecule has 0 spiro atoms. The number of halogens is 1. The molecule has 1 N–H and O–H groups in total. The average molecular weight is 390 g/mol. The molecule has 0 aliphatic rings. The van der Waals surface area contributed by atoms with Gasteiger partial charge in [0.2, 0.25) is 0 Å². The highest BCUT2D eigenvalue weighted by Crippen LogP contribution is 2.29. The Morgan fingerprint density at radius 3 is 2.68 bits per heavy atom. The first-order valence-electron chi connectivity index (χ1n) is 8.66. The van der Waals surface area contributed by atoms with E-state index in [9.17, 15) is 4.79 Å². The lowest BCUT2D eigenvalue weighted by Gasteiger charge is -2.10. The first-order valence-corrected chi connectivity index (χ1v) is 9.04. The third-order valence-corrected chi connectivity index (χ3v) is 4.56. The molecule has 0 radical (unpaired) electrons. The number of amides is 1. The zero-order valence-corrected chi connectivity index (χ0v) is 15.8. The van der Waals surface area contributed by atoms with E-state index in [1.807, 2.05) is 55.5 Å². The second-order valence-corrected chi connectivity index (χ2v) is 6.61. The van der Waals surface area contributed by atoms with Gasteiger partial charge in [0.05, 0.1) is 23.0 Å². The zero-order chi connectivity index (χ0) is 19.5. The van der Waals surface area contributed by atoms with Gasteiger partial charge in [0.25, 0.3) is 5.91 Å². The molecule has 0 aliphatic carbocycles. The van der Waals surface area contributed by atoms with Crippen LogP contribution in [0.1, 0.15) is 21.9 Å². The maximum atomic E-state index is 12.8. The molecule has 4 rings (SSSR count). The van der Waals surface area contributed by atoms with Gasteiger partial charge in [0, 0.05) is 16.0 Å². The number of fused-ring (bicyclic) bond motifs is 1. The van der Waals surface area contributed by atoms with E-state index in [1.165, 1.54) is 6.21 Å². The Morgan fingerprint density at radius 1 is 1.11 bits per heavy atom. The molecule has 6 heteroatoms. The van der Waals surface area contributed by atoms with Crippen molar-refractivity contribution in [3.05, 3.63) is 88.8 Å². The molecule has 0 unspecified atom stereocenters. The minimum Gasteiger partial charge on any atom is -0.460 e. The number of rotatable bonds is 4. The monoisotopic (exact) mass is 389 g/mol. The van der Waals surface area contributed by atoms with Crippen LogP contribution in [0.2, 0.25) is 5.02 Å². The molecule has 0 atom stereocenters. The standard InChI is InChI=1S/C22H16ClN3O2/c1-14-10-11-15(28-14)13-24-26-22(27)18-12-21(17-7-2-4-8-19(17)23)25-20-9-5-3-6-16(18)20/h2-13H,1H3,(H,26,27)/b24-13-. The van der Waals surface area contributed by atoms with Gasteiger partial charge in [-0.1, -0.05) is 48.0 Å². The summed E-state index contributed by atoms with van der Waals surface area (Å²) in [5.74, 6) is 0.998. The number of carbonyl (C=O) groups excluding carboxylic acids is 1. The van der Waals surface area contributed by atoms with Crippen molar-refractivity contribution in [1.82, 2.24) is 10.4 Å². The summed E-state index contributed by atoms with van der Waals surface area (Å²) in [6, 6.07) is 20.2. The molecular weight excluding hydrogens is 374 g/mol. The van der Waals surface area contributed by atoms with Gasteiger partial charge in [-0.05, 0) is 37.3 Å². The van der Waals surface area contributed by atoms with Gasteiger partial charge in [-0.25, -0.2) is 10.4 Å². The average Bonchev–Trinajstić information content (AvgIpc) is 3.12. The lowest BCUT2D eigenvalue weighted by molar-refractivity contribution is 0.0956. The normalized spacial score (nSPS) is 11.2. The molecule has 0 saturated carbocycles. The lowest BCUT2D eigenvalue weighted by atomic mass is 10.0. The highest BCUT2D eigenvalue weighted by Gasteiger charge is 2.14. The van der Waals surface area contributed by atoms with Crippen LogP contribution in [0.5, 0.6) is 0 Å².